The van der Waals surface area contributed by atoms with Gasteiger partial charge in [-0.3, -0.25) is 19.1 Å². The zero-order chi connectivity index (χ0) is 20.8. The van der Waals surface area contributed by atoms with Crippen LogP contribution in [-0.4, -0.2) is 19.5 Å². The van der Waals surface area contributed by atoms with E-state index in [4.69, 9.17) is 11.6 Å². The van der Waals surface area contributed by atoms with Crippen LogP contribution in [0.4, 0.5) is 4.39 Å². The summed E-state index contributed by atoms with van der Waals surface area (Å²) in [6.07, 6.45) is 2.99. The highest BCUT2D eigenvalue weighted by Gasteiger charge is 2.16. The van der Waals surface area contributed by atoms with Gasteiger partial charge >= 0.3 is 11.1 Å². The van der Waals surface area contributed by atoms with Crippen LogP contribution in [-0.2, 0) is 0 Å². The van der Waals surface area contributed by atoms with Gasteiger partial charge in [0.2, 0.25) is 0 Å². The molecule has 3 heterocycles. The van der Waals surface area contributed by atoms with Crippen molar-refractivity contribution < 1.29 is 4.39 Å². The molecule has 3 aromatic heterocycles. The molecular weight excluding hydrogens is 407 g/mol. The minimum atomic E-state index is -0.785. The third kappa shape index (κ3) is 2.87. The van der Waals surface area contributed by atoms with Crippen LogP contribution < -0.4 is 11.1 Å². The molecule has 1 N–H and O–H groups in total. The molecule has 0 aliphatic rings. The minimum Gasteiger partial charge on any atom is -0.315 e. The SMILES string of the molecule is O=c1[nH]c2cnccc2n(-c2cc(-c3cc(Cl)ccc3F)nc3ccccc23)c1=O. The summed E-state index contributed by atoms with van der Waals surface area (Å²) in [6.45, 7) is 0. The van der Waals surface area contributed by atoms with Gasteiger partial charge in [0, 0.05) is 22.2 Å². The van der Waals surface area contributed by atoms with Gasteiger partial charge in [-0.15, -0.1) is 0 Å². The molecule has 0 aliphatic carbocycles. The Labute approximate surface area is 173 Å². The van der Waals surface area contributed by atoms with E-state index < -0.39 is 16.9 Å². The fourth-order valence-electron chi connectivity index (χ4n) is 3.48. The minimum absolute atomic E-state index is 0.193. The quantitative estimate of drug-likeness (QED) is 0.438. The number of pyridine rings is 2. The molecule has 0 radical (unpaired) electrons. The summed E-state index contributed by atoms with van der Waals surface area (Å²) >= 11 is 6.06. The highest BCUT2D eigenvalue weighted by atomic mass is 35.5. The predicted molar refractivity (Wildman–Crippen MR) is 114 cm³/mol. The van der Waals surface area contributed by atoms with Gasteiger partial charge in [-0.1, -0.05) is 29.8 Å². The fraction of sp³-hybridized carbons (Fsp3) is 0. The van der Waals surface area contributed by atoms with Crippen LogP contribution in [0.3, 0.4) is 0 Å². The number of hydrogen-bond acceptors (Lipinski definition) is 4. The number of benzene rings is 2. The second-order valence-corrected chi connectivity index (χ2v) is 7.09. The van der Waals surface area contributed by atoms with Crippen molar-refractivity contribution in [1.29, 1.82) is 0 Å². The van der Waals surface area contributed by atoms with E-state index in [0.717, 1.165) is 0 Å². The second kappa shape index (κ2) is 6.89. The second-order valence-electron chi connectivity index (χ2n) is 6.66. The first-order valence-corrected chi connectivity index (χ1v) is 9.35. The van der Waals surface area contributed by atoms with Crippen LogP contribution in [0.2, 0.25) is 5.02 Å². The fourth-order valence-corrected chi connectivity index (χ4v) is 3.65. The number of aromatic nitrogens is 4. The van der Waals surface area contributed by atoms with Gasteiger partial charge in [-0.05, 0) is 36.4 Å². The maximum Gasteiger partial charge on any atom is 0.321 e. The van der Waals surface area contributed by atoms with Crippen molar-refractivity contribution in [2.24, 2.45) is 0 Å². The lowest BCUT2D eigenvalue weighted by atomic mass is 10.1. The summed E-state index contributed by atoms with van der Waals surface area (Å²) in [4.78, 5) is 36.3. The zero-order valence-corrected chi connectivity index (χ0v) is 16.0. The molecule has 0 saturated heterocycles. The molecule has 2 aromatic carbocycles. The van der Waals surface area contributed by atoms with Crippen molar-refractivity contribution in [2.45, 2.75) is 0 Å². The molecule has 146 valence electrons. The molecule has 30 heavy (non-hydrogen) atoms. The first-order valence-electron chi connectivity index (χ1n) is 8.97. The zero-order valence-electron chi connectivity index (χ0n) is 15.3. The smallest absolute Gasteiger partial charge is 0.315 e. The van der Waals surface area contributed by atoms with E-state index in [0.29, 0.717) is 32.6 Å². The number of para-hydroxylation sites is 1. The summed E-state index contributed by atoms with van der Waals surface area (Å²) in [5, 5.41) is 0.988. The lowest BCUT2D eigenvalue weighted by Gasteiger charge is -2.14. The van der Waals surface area contributed by atoms with Crippen molar-refractivity contribution in [3.8, 4) is 16.9 Å². The van der Waals surface area contributed by atoms with Crippen molar-refractivity contribution in [1.82, 2.24) is 19.5 Å². The normalized spacial score (nSPS) is 11.3. The number of aromatic amines is 1. The van der Waals surface area contributed by atoms with Crippen LogP contribution in [0, 0.1) is 5.82 Å². The van der Waals surface area contributed by atoms with Gasteiger partial charge in [0.15, 0.2) is 0 Å². The maximum absolute atomic E-state index is 14.6. The molecule has 0 fully saturated rings. The van der Waals surface area contributed by atoms with E-state index in [2.05, 4.69) is 15.0 Å². The Hall–Kier alpha value is -3.84. The lowest BCUT2D eigenvalue weighted by molar-refractivity contribution is 0.631. The van der Waals surface area contributed by atoms with Crippen LogP contribution in [0.5, 0.6) is 0 Å². The molecule has 8 heteroatoms. The molecule has 5 aromatic rings. The molecule has 0 bridgehead atoms. The average Bonchev–Trinajstić information content (AvgIpc) is 2.76. The highest BCUT2D eigenvalue weighted by Crippen LogP contribution is 2.30. The Morgan fingerprint density at radius 3 is 2.73 bits per heavy atom. The number of nitrogens with one attached hydrogen (secondary N) is 1. The third-order valence-electron chi connectivity index (χ3n) is 4.82. The molecule has 0 atom stereocenters. The maximum atomic E-state index is 14.6. The Balaban J connectivity index is 1.95. The monoisotopic (exact) mass is 418 g/mol. The predicted octanol–water partition coefficient (Wildman–Crippen LogP) is 4.08. The summed E-state index contributed by atoms with van der Waals surface area (Å²) in [6, 6.07) is 14.5. The summed E-state index contributed by atoms with van der Waals surface area (Å²) in [5.74, 6) is -0.500. The van der Waals surface area contributed by atoms with Crippen molar-refractivity contribution in [3.63, 3.8) is 0 Å². The van der Waals surface area contributed by atoms with E-state index in [1.165, 1.54) is 35.2 Å². The van der Waals surface area contributed by atoms with E-state index >= 15 is 0 Å². The van der Waals surface area contributed by atoms with E-state index in [1.807, 2.05) is 0 Å². The summed E-state index contributed by atoms with van der Waals surface area (Å²) < 4.78 is 15.9. The molecular formula is C22H12ClFN4O2. The molecule has 0 spiro atoms. The number of halogens is 2. The topological polar surface area (TPSA) is 80.6 Å². The van der Waals surface area contributed by atoms with Crippen molar-refractivity contribution >= 4 is 33.5 Å². The van der Waals surface area contributed by atoms with Crippen LogP contribution in [0.1, 0.15) is 0 Å². The van der Waals surface area contributed by atoms with Gasteiger partial charge in [-0.2, -0.15) is 0 Å². The Bertz CT molecular complexity index is 1580. The Morgan fingerprint density at radius 2 is 1.87 bits per heavy atom. The molecule has 0 amide bonds. The standard InChI is InChI=1S/C22H12ClFN4O2/c23-12-5-6-15(24)14(9-12)17-10-20(13-3-1-2-4-16(13)26-17)28-19-7-8-25-11-18(19)27-21(29)22(28)30/h1-11H,(H,27,29). The Kier molecular flexibility index (Phi) is 4.18. The highest BCUT2D eigenvalue weighted by molar-refractivity contribution is 6.30. The van der Waals surface area contributed by atoms with Crippen LogP contribution in [0.25, 0.3) is 38.9 Å². The number of fused-ring (bicyclic) bond motifs is 2. The number of H-pyrrole nitrogens is 1. The molecule has 0 saturated carbocycles. The third-order valence-corrected chi connectivity index (χ3v) is 5.06. The Morgan fingerprint density at radius 1 is 1.03 bits per heavy atom. The number of hydrogen-bond donors (Lipinski definition) is 1. The summed E-state index contributed by atoms with van der Waals surface area (Å²) in [7, 11) is 0. The summed E-state index contributed by atoms with van der Waals surface area (Å²) in [5.41, 5.74) is 0.744. The van der Waals surface area contributed by atoms with E-state index in [1.54, 1.807) is 36.4 Å². The van der Waals surface area contributed by atoms with Gasteiger partial charge < -0.3 is 4.98 Å². The molecule has 0 aliphatic heterocycles. The van der Waals surface area contributed by atoms with Crippen LogP contribution >= 0.6 is 11.6 Å². The van der Waals surface area contributed by atoms with Gasteiger partial charge in [-0.25, -0.2) is 9.37 Å². The average molecular weight is 419 g/mol. The van der Waals surface area contributed by atoms with Crippen molar-refractivity contribution in [2.75, 3.05) is 0 Å². The van der Waals surface area contributed by atoms with Crippen LogP contribution in [0.15, 0.2) is 76.6 Å². The molecule has 6 nitrogen and oxygen atoms in total. The van der Waals surface area contributed by atoms with Gasteiger partial charge in [0.25, 0.3) is 0 Å². The van der Waals surface area contributed by atoms with Gasteiger partial charge in [0.05, 0.1) is 34.1 Å². The first-order chi connectivity index (χ1) is 14.5. The molecule has 5 rings (SSSR count). The number of nitrogens with zero attached hydrogens (tertiary/aromatic N) is 3. The van der Waals surface area contributed by atoms with E-state index in [9.17, 15) is 14.0 Å². The molecule has 0 unspecified atom stereocenters. The van der Waals surface area contributed by atoms with Gasteiger partial charge in [0.1, 0.15) is 5.82 Å². The first kappa shape index (κ1) is 18.2. The largest absolute Gasteiger partial charge is 0.321 e. The number of rotatable bonds is 2. The van der Waals surface area contributed by atoms with E-state index in [-0.39, 0.29) is 11.3 Å². The lowest BCUT2D eigenvalue weighted by Crippen LogP contribution is -2.35. The van der Waals surface area contributed by atoms with Crippen molar-refractivity contribution in [3.05, 3.63) is 98.5 Å².